The van der Waals surface area contributed by atoms with Gasteiger partial charge in [-0.2, -0.15) is 10.1 Å². The minimum absolute atomic E-state index is 0. The maximum absolute atomic E-state index is 14.1. The first-order valence-electron chi connectivity index (χ1n) is 50.9. The van der Waals surface area contributed by atoms with Crippen LogP contribution in [0.5, 0.6) is 0 Å². The number of hydroxylamine groups is 4. The highest BCUT2D eigenvalue weighted by atomic mass is 19.4. The predicted octanol–water partition coefficient (Wildman–Crippen LogP) is 15.6. The predicted molar refractivity (Wildman–Crippen MR) is 524 cm³/mol. The fraction of sp³-hybridized carbons (Fsp3) is 0.913. The van der Waals surface area contributed by atoms with Crippen LogP contribution in [0.25, 0.3) is 0 Å². The standard InChI is InChI=1S/C36H62F3N3O7.C34H58F3N3O9.C34H58F3N3O7.H2O/c1-29(2)15-23(32(7,8)40-29)20-48-28(45)35(49-36(37,38)39,18-26(43)46-21-24-16-30(3,4)41(13)33(24,9)10)19-27(44)47-22-25-17-31(5,6)42(14)34(25,11)12;1-27(2)13-21(30(7,8)38-27)18-48-26(43)33(49-34(35,36)37,16-24(41)46-19-22-14-28(3,4)39(44)31(22,9)10)17-25(42)47-20-23-15-29(5,6)40(45)32(23,11)12;1-27(2)13-21(30(7,8)38-27)18-44-24(41)16-33(47-34(35,36)37,26(43)46-20-23-15-29(5,6)40-32(23,11)12)17-25(42)45-19-22-14-28(3,4)39-31(22,9)10;/h23-25,40H,15-22H2,1-14H3;21-23,38,44-45H,13-20H2,1-12H3;21-23,38-40H,13-20H2,1-12H3;1H2. The van der Waals surface area contributed by atoms with Gasteiger partial charge in [0, 0.05) is 153 Å². The lowest BCUT2D eigenvalue weighted by atomic mass is 9.87. The number of nitrogens with one attached hydrogen (secondary N) is 5. The average molecular weight is 2110 g/mol. The number of nitrogens with zero attached hydrogens (tertiary/aromatic N) is 4. The number of esters is 9. The average Bonchev–Trinajstić information content (AvgIpc) is 1.61. The zero-order valence-electron chi connectivity index (χ0n) is 94.3. The molecule has 9 rings (SSSR count). The van der Waals surface area contributed by atoms with Crippen molar-refractivity contribution >= 4 is 53.7 Å². The molecule has 9 aliphatic heterocycles. The molecule has 848 valence electrons. The molecule has 0 amide bonds. The molecule has 9 atom stereocenters. The van der Waals surface area contributed by atoms with Gasteiger partial charge in [-0.15, -0.1) is 39.5 Å². The lowest BCUT2D eigenvalue weighted by Gasteiger charge is -2.38. The smallest absolute Gasteiger partial charge is 0.465 e. The van der Waals surface area contributed by atoms with E-state index in [0.29, 0.717) is 57.8 Å². The number of rotatable bonds is 36. The minimum Gasteiger partial charge on any atom is -0.465 e. The van der Waals surface area contributed by atoms with Gasteiger partial charge < -0.3 is 85.1 Å². The van der Waals surface area contributed by atoms with Crippen molar-refractivity contribution in [2.45, 2.75) is 481 Å². The molecule has 0 spiro atoms. The Balaban J connectivity index is 0.000000334. The summed E-state index contributed by atoms with van der Waals surface area (Å²) >= 11 is 0. The number of carbonyl (C=O) groups is 9. The minimum atomic E-state index is -5.46. The molecule has 9 N–H and O–H groups in total. The number of halogens is 9. The third-order valence-electron chi connectivity index (χ3n) is 33.5. The molecule has 0 radical (unpaired) electrons. The lowest BCUT2D eigenvalue weighted by Crippen LogP contribution is -2.51. The van der Waals surface area contributed by atoms with Crippen LogP contribution in [0.2, 0.25) is 0 Å². The van der Waals surface area contributed by atoms with Gasteiger partial charge in [-0.05, 0) is 321 Å². The van der Waals surface area contributed by atoms with Crippen LogP contribution in [0.1, 0.15) is 346 Å². The normalized spacial score (nSPS) is 29.4. The lowest BCUT2D eigenvalue weighted by molar-refractivity contribution is -0.364. The van der Waals surface area contributed by atoms with Gasteiger partial charge in [0.2, 0.25) is 0 Å². The van der Waals surface area contributed by atoms with Crippen molar-refractivity contribution in [2.24, 2.45) is 53.3 Å². The Hall–Kier alpha value is -6.00. The molecule has 146 heavy (non-hydrogen) atoms. The van der Waals surface area contributed by atoms with E-state index in [1.54, 1.807) is 55.4 Å². The molecule has 0 aromatic rings. The topological polar surface area (TPSA) is 409 Å². The first kappa shape index (κ1) is 129. The summed E-state index contributed by atoms with van der Waals surface area (Å²) in [6, 6.07) is 0. The number of carbonyl (C=O) groups excluding carboxylic acids is 9. The van der Waals surface area contributed by atoms with Gasteiger partial charge in [-0.25, -0.2) is 14.4 Å². The number of hydrogen-bond acceptors (Lipinski definition) is 32. The number of likely N-dealkylation sites (tertiary alicyclic amines) is 2. The van der Waals surface area contributed by atoms with E-state index in [2.05, 4.69) is 78.3 Å². The monoisotopic (exact) mass is 2110 g/mol. The quantitative estimate of drug-likeness (QED) is 0.0174. The maximum atomic E-state index is 14.1. The van der Waals surface area contributed by atoms with Gasteiger partial charge in [-0.3, -0.25) is 52.8 Å². The highest BCUT2D eigenvalue weighted by Gasteiger charge is 2.63. The van der Waals surface area contributed by atoms with E-state index in [1.165, 1.54) is 0 Å². The molecule has 9 unspecified atom stereocenters. The summed E-state index contributed by atoms with van der Waals surface area (Å²) < 4.78 is 190. The number of ether oxygens (including phenoxy) is 12. The van der Waals surface area contributed by atoms with E-state index < -0.39 is 190 Å². The summed E-state index contributed by atoms with van der Waals surface area (Å²) in [5, 5.41) is 40.8. The second-order valence-corrected chi connectivity index (χ2v) is 53.9. The van der Waals surface area contributed by atoms with Crippen molar-refractivity contribution in [2.75, 3.05) is 73.6 Å². The van der Waals surface area contributed by atoms with E-state index in [1.807, 2.05) is 180 Å². The zero-order valence-corrected chi connectivity index (χ0v) is 94.3. The molecule has 0 aromatic carbocycles. The maximum Gasteiger partial charge on any atom is 0.523 e. The van der Waals surface area contributed by atoms with Crippen LogP contribution in [0.15, 0.2) is 0 Å². The Labute approximate surface area is 859 Å². The Morgan fingerprint density at radius 1 is 0.247 bits per heavy atom. The van der Waals surface area contributed by atoms with Gasteiger partial charge in [0.05, 0.1) is 98.0 Å². The second kappa shape index (κ2) is 44.1. The molecule has 33 nitrogen and oxygen atoms in total. The van der Waals surface area contributed by atoms with Gasteiger partial charge in [0.1, 0.15) is 0 Å². The summed E-state index contributed by atoms with van der Waals surface area (Å²) in [5.74, 6) is -13.6. The van der Waals surface area contributed by atoms with Crippen LogP contribution in [-0.4, -0.2) is 299 Å². The number of alkyl halides is 9. The Morgan fingerprint density at radius 2 is 0.397 bits per heavy atom. The van der Waals surface area contributed by atoms with Crippen LogP contribution < -0.4 is 26.6 Å². The fourth-order valence-electron chi connectivity index (χ4n) is 25.2. The van der Waals surface area contributed by atoms with Crippen LogP contribution in [0.4, 0.5) is 39.5 Å². The van der Waals surface area contributed by atoms with Crippen molar-refractivity contribution in [3.8, 4) is 0 Å². The Bertz CT molecular complexity index is 4200. The van der Waals surface area contributed by atoms with Crippen molar-refractivity contribution in [3.63, 3.8) is 0 Å². The molecular formula is C104H180F9N9O24. The van der Waals surface area contributed by atoms with Crippen LogP contribution in [0, 0.1) is 53.3 Å². The first-order valence-corrected chi connectivity index (χ1v) is 50.9. The van der Waals surface area contributed by atoms with Gasteiger partial charge in [0.15, 0.2) is 16.8 Å². The molecule has 42 heteroatoms. The van der Waals surface area contributed by atoms with E-state index in [4.69, 9.17) is 42.6 Å². The molecule has 0 aliphatic carbocycles. The van der Waals surface area contributed by atoms with E-state index in [0.717, 1.165) is 10.1 Å². The molecular weight excluding hydrogens is 1930 g/mol. The summed E-state index contributed by atoms with van der Waals surface area (Å²) in [7, 11) is 3.94. The second-order valence-electron chi connectivity index (χ2n) is 53.9. The Morgan fingerprint density at radius 3 is 0.527 bits per heavy atom. The zero-order chi connectivity index (χ0) is 112. The molecule has 9 aliphatic rings. The van der Waals surface area contributed by atoms with Crippen LogP contribution in [0.3, 0.4) is 0 Å². The van der Waals surface area contributed by atoms with E-state index in [9.17, 15) is 93.1 Å². The van der Waals surface area contributed by atoms with Gasteiger partial charge in [-0.1, -0.05) is 0 Å². The van der Waals surface area contributed by atoms with Gasteiger partial charge in [0.25, 0.3) is 0 Å². The number of hydrogen-bond donors (Lipinski definition) is 7. The van der Waals surface area contributed by atoms with Crippen LogP contribution in [-0.2, 0) is 100.0 Å². The molecule has 0 aromatic heterocycles. The third kappa shape index (κ3) is 32.6. The fourth-order valence-corrected chi connectivity index (χ4v) is 25.2. The first-order chi connectivity index (χ1) is 64.7. The van der Waals surface area contributed by atoms with Crippen molar-refractivity contribution < 1.29 is 155 Å². The van der Waals surface area contributed by atoms with Gasteiger partial charge >= 0.3 is 72.8 Å². The van der Waals surface area contributed by atoms with Crippen molar-refractivity contribution in [1.82, 2.24) is 46.5 Å². The highest BCUT2D eigenvalue weighted by molar-refractivity contribution is 5.92. The largest absolute Gasteiger partial charge is 0.523 e. The molecule has 9 fully saturated rings. The summed E-state index contributed by atoms with van der Waals surface area (Å²) in [4.78, 5) is 126. The molecule has 0 saturated carbocycles. The van der Waals surface area contributed by atoms with Crippen LogP contribution >= 0.6 is 0 Å². The van der Waals surface area contributed by atoms with E-state index >= 15 is 0 Å². The SMILES string of the molecule is CC1(C)CC(COC(=O)C(CC(=O)OCC2CC(C)(C)N(O)C2(C)C)(CC(=O)OCC2CC(C)(C)N(O)C2(C)C)OC(F)(F)F)C(C)(C)N1.CC1(C)CC(COC(=O)CC(CC(=O)OCC2CC(C)(C)NC2(C)C)(OC(F)(F)F)C(=O)OCC2CC(C)(C)NC2(C)C)C(C)(C)N1.CN1C(C)(C)CC(COC(=O)CC(CC(=O)OCC2CC(C)(C)N(C)C2(C)C)(OC(F)(F)F)C(=O)OCC2CC(C)(C)NC2(C)C)C1(C)C.O. The third-order valence-corrected chi connectivity index (χ3v) is 33.5. The molecule has 0 bridgehead atoms. The van der Waals surface area contributed by atoms with E-state index in [-0.39, 0.29) is 156 Å². The summed E-state index contributed by atoms with van der Waals surface area (Å²) in [5.41, 5.74) is -17.2. The highest BCUT2D eigenvalue weighted by Crippen LogP contribution is 2.52. The van der Waals surface area contributed by atoms with Crippen molar-refractivity contribution in [1.29, 1.82) is 0 Å². The summed E-state index contributed by atoms with van der Waals surface area (Å²) in [6.45, 7) is 67.8. The molecule has 9 heterocycles. The summed E-state index contributed by atoms with van der Waals surface area (Å²) in [6.07, 6.45) is -18.4. The van der Waals surface area contributed by atoms with Crippen molar-refractivity contribution in [3.05, 3.63) is 0 Å². The Kier molecular flexibility index (Phi) is 38.9. The molecule has 9 saturated heterocycles.